The Balaban J connectivity index is 2.49. The summed E-state index contributed by atoms with van der Waals surface area (Å²) in [5.74, 6) is 0. The third-order valence-corrected chi connectivity index (χ3v) is 2.91. The van der Waals surface area contributed by atoms with E-state index >= 15 is 0 Å². The van der Waals surface area contributed by atoms with Crippen LogP contribution >= 0.6 is 11.3 Å². The normalized spacial score (nSPS) is 23.2. The Morgan fingerprint density at radius 1 is 1.70 bits per heavy atom. The molecule has 3 heteroatoms. The van der Waals surface area contributed by atoms with Crippen LogP contribution in [0.5, 0.6) is 0 Å². The fraction of sp³-hybridized carbons (Fsp3) is 0.571. The first-order valence-electron chi connectivity index (χ1n) is 3.49. The summed E-state index contributed by atoms with van der Waals surface area (Å²) in [5.41, 5.74) is 6.96. The number of rotatable bonds is 0. The first-order chi connectivity index (χ1) is 4.77. The minimum Gasteiger partial charge on any atom is -0.323 e. The van der Waals surface area contributed by atoms with Crippen LogP contribution in [0.15, 0.2) is 0 Å². The van der Waals surface area contributed by atoms with Crippen LogP contribution < -0.4 is 5.73 Å². The van der Waals surface area contributed by atoms with Gasteiger partial charge < -0.3 is 5.73 Å². The first-order valence-corrected chi connectivity index (χ1v) is 4.31. The summed E-state index contributed by atoms with van der Waals surface area (Å²) in [7, 11) is 0. The van der Waals surface area contributed by atoms with E-state index in [-0.39, 0.29) is 6.04 Å². The highest BCUT2D eigenvalue weighted by Crippen LogP contribution is 2.32. The van der Waals surface area contributed by atoms with E-state index in [1.807, 2.05) is 6.92 Å². The molecule has 0 fully saturated rings. The molecular weight excluding hydrogens is 144 g/mol. The van der Waals surface area contributed by atoms with Crippen LogP contribution in [0.25, 0.3) is 0 Å². The SMILES string of the molecule is Cc1nc2c(s1)CCC2N. The summed E-state index contributed by atoms with van der Waals surface area (Å²) in [4.78, 5) is 5.77. The van der Waals surface area contributed by atoms with E-state index in [0.29, 0.717) is 0 Å². The van der Waals surface area contributed by atoms with Crippen molar-refractivity contribution in [1.29, 1.82) is 0 Å². The van der Waals surface area contributed by atoms with Crippen LogP contribution in [0.3, 0.4) is 0 Å². The van der Waals surface area contributed by atoms with Gasteiger partial charge in [0, 0.05) is 10.9 Å². The summed E-state index contributed by atoms with van der Waals surface area (Å²) < 4.78 is 0. The molecule has 0 aromatic carbocycles. The minimum atomic E-state index is 0.222. The predicted octanol–water partition coefficient (Wildman–Crippen LogP) is 1.40. The van der Waals surface area contributed by atoms with Crippen molar-refractivity contribution in [3.05, 3.63) is 15.6 Å². The number of fused-ring (bicyclic) bond motifs is 1. The van der Waals surface area contributed by atoms with Crippen molar-refractivity contribution >= 4 is 11.3 Å². The molecule has 2 N–H and O–H groups in total. The maximum atomic E-state index is 5.80. The fourth-order valence-corrected chi connectivity index (χ4v) is 2.40. The van der Waals surface area contributed by atoms with Crippen LogP contribution in [-0.2, 0) is 6.42 Å². The van der Waals surface area contributed by atoms with Gasteiger partial charge in [-0.25, -0.2) is 4.98 Å². The Labute approximate surface area is 64.1 Å². The molecule has 0 spiro atoms. The Bertz CT molecular complexity index is 254. The van der Waals surface area contributed by atoms with Gasteiger partial charge in [-0.2, -0.15) is 0 Å². The molecule has 1 aliphatic rings. The van der Waals surface area contributed by atoms with Crippen LogP contribution in [0, 0.1) is 6.92 Å². The summed E-state index contributed by atoms with van der Waals surface area (Å²) >= 11 is 1.79. The molecule has 0 aliphatic heterocycles. The summed E-state index contributed by atoms with van der Waals surface area (Å²) in [6.07, 6.45) is 2.23. The molecular formula is C7H10N2S. The molecule has 1 atom stereocenters. The predicted molar refractivity (Wildman–Crippen MR) is 42.1 cm³/mol. The second kappa shape index (κ2) is 2.04. The Morgan fingerprint density at radius 2 is 2.50 bits per heavy atom. The maximum absolute atomic E-state index is 5.80. The van der Waals surface area contributed by atoms with E-state index in [2.05, 4.69) is 4.98 Å². The van der Waals surface area contributed by atoms with Gasteiger partial charge in [-0.3, -0.25) is 0 Å². The highest BCUT2D eigenvalue weighted by molar-refractivity contribution is 7.11. The molecule has 1 aromatic rings. The zero-order chi connectivity index (χ0) is 7.14. The summed E-state index contributed by atoms with van der Waals surface area (Å²) in [6.45, 7) is 2.04. The van der Waals surface area contributed by atoms with Gasteiger partial charge in [0.25, 0.3) is 0 Å². The molecule has 0 saturated heterocycles. The van der Waals surface area contributed by atoms with Crippen molar-refractivity contribution in [3.8, 4) is 0 Å². The second-order valence-corrected chi connectivity index (χ2v) is 3.97. The minimum absolute atomic E-state index is 0.222. The Morgan fingerprint density at radius 3 is 3.20 bits per heavy atom. The zero-order valence-electron chi connectivity index (χ0n) is 5.92. The number of thiazole rings is 1. The van der Waals surface area contributed by atoms with Crippen molar-refractivity contribution in [3.63, 3.8) is 0 Å². The molecule has 54 valence electrons. The van der Waals surface area contributed by atoms with Gasteiger partial charge in [0.05, 0.1) is 10.7 Å². The summed E-state index contributed by atoms with van der Waals surface area (Å²) in [6, 6.07) is 0.222. The van der Waals surface area contributed by atoms with E-state index in [4.69, 9.17) is 5.73 Å². The molecule has 2 nitrogen and oxygen atoms in total. The molecule has 1 aromatic heterocycles. The van der Waals surface area contributed by atoms with Gasteiger partial charge in [0.1, 0.15) is 0 Å². The van der Waals surface area contributed by atoms with E-state index in [9.17, 15) is 0 Å². The molecule has 0 saturated carbocycles. The third kappa shape index (κ3) is 0.777. The zero-order valence-corrected chi connectivity index (χ0v) is 6.74. The fourth-order valence-electron chi connectivity index (χ4n) is 1.38. The number of hydrogen-bond donors (Lipinski definition) is 1. The van der Waals surface area contributed by atoms with E-state index in [0.717, 1.165) is 23.5 Å². The topological polar surface area (TPSA) is 38.9 Å². The quantitative estimate of drug-likeness (QED) is 0.613. The van der Waals surface area contributed by atoms with Crippen molar-refractivity contribution in [2.24, 2.45) is 5.73 Å². The number of nitrogens with zero attached hydrogens (tertiary/aromatic N) is 1. The maximum Gasteiger partial charge on any atom is 0.0900 e. The number of aromatic nitrogens is 1. The van der Waals surface area contributed by atoms with E-state index in [1.54, 1.807) is 11.3 Å². The number of hydrogen-bond acceptors (Lipinski definition) is 3. The molecule has 0 radical (unpaired) electrons. The van der Waals surface area contributed by atoms with Gasteiger partial charge in [-0.15, -0.1) is 11.3 Å². The average molecular weight is 154 g/mol. The lowest BCUT2D eigenvalue weighted by Crippen LogP contribution is -2.05. The Hall–Kier alpha value is -0.410. The van der Waals surface area contributed by atoms with Gasteiger partial charge in [-0.05, 0) is 19.8 Å². The van der Waals surface area contributed by atoms with Gasteiger partial charge in [0.2, 0.25) is 0 Å². The molecule has 0 bridgehead atoms. The van der Waals surface area contributed by atoms with Gasteiger partial charge in [0.15, 0.2) is 0 Å². The van der Waals surface area contributed by atoms with Crippen LogP contribution in [0.4, 0.5) is 0 Å². The van der Waals surface area contributed by atoms with Gasteiger partial charge >= 0.3 is 0 Å². The molecule has 2 rings (SSSR count). The van der Waals surface area contributed by atoms with Crippen LogP contribution in [0.1, 0.15) is 28.0 Å². The third-order valence-electron chi connectivity index (χ3n) is 1.87. The standard InChI is InChI=1S/C7H10N2S/c1-4-9-7-5(8)2-3-6(7)10-4/h5H,2-3,8H2,1H3. The van der Waals surface area contributed by atoms with Crippen molar-refractivity contribution < 1.29 is 0 Å². The smallest absolute Gasteiger partial charge is 0.0900 e. The van der Waals surface area contributed by atoms with E-state index < -0.39 is 0 Å². The lowest BCUT2D eigenvalue weighted by atomic mass is 10.3. The second-order valence-electron chi connectivity index (χ2n) is 2.69. The lowest BCUT2D eigenvalue weighted by Gasteiger charge is -1.96. The highest BCUT2D eigenvalue weighted by Gasteiger charge is 2.22. The van der Waals surface area contributed by atoms with Crippen molar-refractivity contribution in [2.45, 2.75) is 25.8 Å². The average Bonchev–Trinajstić information content (AvgIpc) is 2.35. The summed E-state index contributed by atoms with van der Waals surface area (Å²) in [5, 5.41) is 1.15. The molecule has 1 heterocycles. The van der Waals surface area contributed by atoms with E-state index in [1.165, 1.54) is 4.88 Å². The molecule has 1 aliphatic carbocycles. The highest BCUT2D eigenvalue weighted by atomic mass is 32.1. The monoisotopic (exact) mass is 154 g/mol. The van der Waals surface area contributed by atoms with Crippen LogP contribution in [0.2, 0.25) is 0 Å². The molecule has 1 unspecified atom stereocenters. The lowest BCUT2D eigenvalue weighted by molar-refractivity contribution is 0.696. The number of nitrogens with two attached hydrogens (primary N) is 1. The Kier molecular flexibility index (Phi) is 1.28. The largest absolute Gasteiger partial charge is 0.323 e. The van der Waals surface area contributed by atoms with Gasteiger partial charge in [-0.1, -0.05) is 0 Å². The first kappa shape index (κ1) is 6.31. The number of aryl methyl sites for hydroxylation is 2. The van der Waals surface area contributed by atoms with Crippen molar-refractivity contribution in [2.75, 3.05) is 0 Å². The van der Waals surface area contributed by atoms with Crippen LogP contribution in [-0.4, -0.2) is 4.98 Å². The van der Waals surface area contributed by atoms with Crippen molar-refractivity contribution in [1.82, 2.24) is 4.98 Å². The molecule has 0 amide bonds. The molecule has 10 heavy (non-hydrogen) atoms.